The minimum absolute atomic E-state index is 0.128. The molecule has 0 saturated carbocycles. The van der Waals surface area contributed by atoms with E-state index in [-0.39, 0.29) is 17.6 Å². The molecule has 10 nitrogen and oxygen atoms in total. The molecule has 1 atom stereocenters. The van der Waals surface area contributed by atoms with E-state index >= 15 is 0 Å². The number of fused-ring (bicyclic) bond motifs is 3. The van der Waals surface area contributed by atoms with Crippen LogP contribution < -0.4 is 9.80 Å². The standard InChI is InChI=1S/C25H20ClN9O/c1-28-21-11-17(12-27)31-25(33-21)35-5-4-18-19-10-16(26)2-3-20(19)32-22(18)23(35)15-13-29-24(30-14-15)34-6-8-36-9-7-34/h2-3,10-11,13-14,23,32H,4-9H2/t23-/m0/s1. The zero-order valence-corrected chi connectivity index (χ0v) is 19.9. The van der Waals surface area contributed by atoms with Crippen LogP contribution in [-0.4, -0.2) is 57.8 Å². The Hall–Kier alpha value is -4.25. The van der Waals surface area contributed by atoms with E-state index in [4.69, 9.17) is 22.9 Å². The van der Waals surface area contributed by atoms with Gasteiger partial charge in [-0.05, 0) is 30.2 Å². The van der Waals surface area contributed by atoms with Gasteiger partial charge >= 0.3 is 5.95 Å². The van der Waals surface area contributed by atoms with Crippen molar-refractivity contribution in [3.05, 3.63) is 75.6 Å². The quantitative estimate of drug-likeness (QED) is 0.425. The van der Waals surface area contributed by atoms with Crippen LogP contribution in [0.1, 0.15) is 28.6 Å². The first-order valence-electron chi connectivity index (χ1n) is 11.5. The lowest BCUT2D eigenvalue weighted by atomic mass is 9.94. The minimum atomic E-state index is -0.341. The minimum Gasteiger partial charge on any atom is -0.378 e. The summed E-state index contributed by atoms with van der Waals surface area (Å²) in [5.41, 5.74) is 4.11. The molecule has 2 aliphatic heterocycles. The van der Waals surface area contributed by atoms with Crippen molar-refractivity contribution in [1.29, 1.82) is 5.26 Å². The molecule has 0 unspecified atom stereocenters. The van der Waals surface area contributed by atoms with E-state index in [2.05, 4.69) is 34.7 Å². The Labute approximate surface area is 212 Å². The highest BCUT2D eigenvalue weighted by molar-refractivity contribution is 6.31. The maximum Gasteiger partial charge on any atom is 0.324 e. The molecule has 4 aromatic rings. The SMILES string of the molecule is [C-]#[N+]c1cc(C#N)nc(N2CCc3c([nH]c4ccc(Cl)cc34)[C@@H]2c2cnc(N3CCOCC3)nc2)n1. The van der Waals surface area contributed by atoms with Crippen LogP contribution in [0.4, 0.5) is 17.7 Å². The molecule has 1 aromatic carbocycles. The van der Waals surface area contributed by atoms with Gasteiger partial charge < -0.3 is 24.4 Å². The molecule has 2 aliphatic rings. The van der Waals surface area contributed by atoms with E-state index in [1.165, 1.54) is 6.07 Å². The van der Waals surface area contributed by atoms with Gasteiger partial charge in [0.1, 0.15) is 17.8 Å². The maximum atomic E-state index is 9.48. The second-order valence-electron chi connectivity index (χ2n) is 8.60. The topological polar surface area (TPSA) is 111 Å². The molecular weight excluding hydrogens is 478 g/mol. The van der Waals surface area contributed by atoms with Gasteiger partial charge in [0.25, 0.3) is 5.82 Å². The average molecular weight is 498 g/mol. The van der Waals surface area contributed by atoms with Crippen LogP contribution in [0.5, 0.6) is 0 Å². The van der Waals surface area contributed by atoms with Crippen molar-refractivity contribution in [3.63, 3.8) is 0 Å². The van der Waals surface area contributed by atoms with Gasteiger partial charge in [-0.15, -0.1) is 0 Å². The first-order chi connectivity index (χ1) is 17.6. The number of morpholine rings is 1. The van der Waals surface area contributed by atoms with E-state index in [1.807, 2.05) is 41.6 Å². The number of ether oxygens (including phenoxy) is 1. The molecule has 1 saturated heterocycles. The smallest absolute Gasteiger partial charge is 0.324 e. The van der Waals surface area contributed by atoms with Crippen molar-refractivity contribution in [2.75, 3.05) is 42.6 Å². The van der Waals surface area contributed by atoms with E-state index in [0.717, 1.165) is 40.8 Å². The molecule has 1 N–H and O–H groups in total. The normalized spacial score (nSPS) is 17.5. The Morgan fingerprint density at radius 3 is 2.67 bits per heavy atom. The summed E-state index contributed by atoms with van der Waals surface area (Å²) < 4.78 is 5.44. The molecule has 11 heteroatoms. The number of aromatic amines is 1. The molecule has 1 fully saturated rings. The fraction of sp³-hybridized carbons (Fsp3) is 0.280. The number of nitriles is 1. The zero-order valence-electron chi connectivity index (χ0n) is 19.1. The summed E-state index contributed by atoms with van der Waals surface area (Å²) in [5.74, 6) is 1.11. The first-order valence-corrected chi connectivity index (χ1v) is 11.9. The van der Waals surface area contributed by atoms with Gasteiger partial charge in [0.05, 0.1) is 13.2 Å². The van der Waals surface area contributed by atoms with Gasteiger partial charge in [-0.1, -0.05) is 23.2 Å². The van der Waals surface area contributed by atoms with Gasteiger partial charge in [-0.25, -0.2) is 9.97 Å². The highest BCUT2D eigenvalue weighted by Gasteiger charge is 2.35. The second-order valence-corrected chi connectivity index (χ2v) is 9.04. The molecule has 0 aliphatic carbocycles. The van der Waals surface area contributed by atoms with Crippen molar-refractivity contribution in [2.24, 2.45) is 0 Å². The van der Waals surface area contributed by atoms with E-state index in [9.17, 15) is 5.26 Å². The van der Waals surface area contributed by atoms with Crippen LogP contribution in [0.25, 0.3) is 15.7 Å². The lowest BCUT2D eigenvalue weighted by molar-refractivity contribution is 0.122. The summed E-state index contributed by atoms with van der Waals surface area (Å²) in [7, 11) is 0. The summed E-state index contributed by atoms with van der Waals surface area (Å²) in [6, 6.07) is 8.90. The average Bonchev–Trinajstić information content (AvgIpc) is 3.30. The van der Waals surface area contributed by atoms with Gasteiger partial charge in [0.2, 0.25) is 5.95 Å². The molecule has 36 heavy (non-hydrogen) atoms. The van der Waals surface area contributed by atoms with Crippen molar-refractivity contribution >= 4 is 40.2 Å². The van der Waals surface area contributed by atoms with Crippen LogP contribution in [0.15, 0.2) is 36.7 Å². The number of H-pyrrole nitrogens is 1. The Kier molecular flexibility index (Phi) is 5.61. The molecule has 3 aromatic heterocycles. The highest BCUT2D eigenvalue weighted by Crippen LogP contribution is 2.40. The van der Waals surface area contributed by atoms with Gasteiger partial charge in [-0.2, -0.15) is 10.2 Å². The molecule has 5 heterocycles. The summed E-state index contributed by atoms with van der Waals surface area (Å²) in [4.78, 5) is 29.3. The van der Waals surface area contributed by atoms with E-state index < -0.39 is 0 Å². The lowest BCUT2D eigenvalue weighted by Crippen LogP contribution is -2.38. The molecule has 6 rings (SSSR count). The number of anilines is 2. The van der Waals surface area contributed by atoms with Crippen molar-refractivity contribution < 1.29 is 4.74 Å². The zero-order chi connectivity index (χ0) is 24.6. The number of nitrogens with zero attached hydrogens (tertiary/aromatic N) is 8. The Balaban J connectivity index is 1.48. The summed E-state index contributed by atoms with van der Waals surface area (Å²) in [6.45, 7) is 10.8. The van der Waals surface area contributed by atoms with Crippen molar-refractivity contribution in [3.8, 4) is 6.07 Å². The van der Waals surface area contributed by atoms with Gasteiger partial charge in [0.15, 0.2) is 0 Å². The number of hydrogen-bond acceptors (Lipinski definition) is 8. The summed E-state index contributed by atoms with van der Waals surface area (Å²) >= 11 is 6.32. The van der Waals surface area contributed by atoms with Gasteiger partial charge in [0, 0.05) is 65.3 Å². The third-order valence-electron chi connectivity index (χ3n) is 6.54. The van der Waals surface area contributed by atoms with Crippen LogP contribution in [-0.2, 0) is 11.2 Å². The van der Waals surface area contributed by atoms with Crippen LogP contribution >= 0.6 is 11.6 Å². The third-order valence-corrected chi connectivity index (χ3v) is 6.78. The van der Waals surface area contributed by atoms with Crippen LogP contribution in [0.2, 0.25) is 5.02 Å². The van der Waals surface area contributed by atoms with E-state index in [0.29, 0.717) is 43.1 Å². The fourth-order valence-electron chi connectivity index (χ4n) is 4.89. The molecule has 0 radical (unpaired) electrons. The molecular formula is C25H20ClN9O. The summed E-state index contributed by atoms with van der Waals surface area (Å²) in [6.07, 6.45) is 4.37. The highest BCUT2D eigenvalue weighted by atomic mass is 35.5. The molecule has 0 spiro atoms. The largest absolute Gasteiger partial charge is 0.378 e. The van der Waals surface area contributed by atoms with Gasteiger partial charge in [-0.3, -0.25) is 0 Å². The fourth-order valence-corrected chi connectivity index (χ4v) is 5.06. The molecule has 0 amide bonds. The number of benzene rings is 1. The van der Waals surface area contributed by atoms with Crippen LogP contribution in [0.3, 0.4) is 0 Å². The Morgan fingerprint density at radius 1 is 1.11 bits per heavy atom. The Bertz CT molecular complexity index is 1500. The number of hydrogen-bond donors (Lipinski definition) is 1. The third kappa shape index (κ3) is 3.87. The van der Waals surface area contributed by atoms with Crippen molar-refractivity contribution in [2.45, 2.75) is 12.5 Å². The van der Waals surface area contributed by atoms with Crippen LogP contribution in [0, 0.1) is 17.9 Å². The summed E-state index contributed by atoms with van der Waals surface area (Å²) in [5, 5.41) is 11.2. The predicted octanol–water partition coefficient (Wildman–Crippen LogP) is 3.81. The predicted molar refractivity (Wildman–Crippen MR) is 134 cm³/mol. The molecule has 178 valence electrons. The lowest BCUT2D eigenvalue weighted by Gasteiger charge is -2.34. The maximum absolute atomic E-state index is 9.48. The number of halogens is 1. The molecule has 0 bridgehead atoms. The van der Waals surface area contributed by atoms with Crippen molar-refractivity contribution in [1.82, 2.24) is 24.9 Å². The second kappa shape index (κ2) is 9.08. The number of nitrogens with one attached hydrogen (secondary N) is 1. The first kappa shape index (κ1) is 22.2. The monoisotopic (exact) mass is 497 g/mol. The van der Waals surface area contributed by atoms with E-state index in [1.54, 1.807) is 0 Å². The number of rotatable bonds is 3. The number of aromatic nitrogens is 5. The Morgan fingerprint density at radius 2 is 1.92 bits per heavy atom.